The molecule has 0 atom stereocenters. The van der Waals surface area contributed by atoms with Crippen molar-refractivity contribution in [1.82, 2.24) is 9.71 Å². The van der Waals surface area contributed by atoms with Crippen LogP contribution >= 0.6 is 0 Å². The molecule has 0 saturated heterocycles. The summed E-state index contributed by atoms with van der Waals surface area (Å²) in [4.78, 5) is 15.8. The van der Waals surface area contributed by atoms with Crippen LogP contribution in [0.5, 0.6) is 0 Å². The summed E-state index contributed by atoms with van der Waals surface area (Å²) in [5, 5.41) is 2.79. The average molecular weight is 331 g/mol. The first-order valence-corrected chi connectivity index (χ1v) is 8.85. The molecule has 0 aliphatic carbocycles. The second-order valence-corrected chi connectivity index (χ2v) is 7.13. The summed E-state index contributed by atoms with van der Waals surface area (Å²) in [6.45, 7) is 0.136. The van der Waals surface area contributed by atoms with Crippen LogP contribution in [0.4, 0.5) is 5.69 Å². The van der Waals surface area contributed by atoms with E-state index in [0.29, 0.717) is 30.6 Å². The Hall–Kier alpha value is -2.25. The minimum Gasteiger partial charge on any atom is -0.326 e. The monoisotopic (exact) mass is 331 g/mol. The Morgan fingerprint density at radius 3 is 2.83 bits per heavy atom. The fourth-order valence-corrected chi connectivity index (χ4v) is 3.52. The van der Waals surface area contributed by atoms with E-state index in [9.17, 15) is 13.2 Å². The Morgan fingerprint density at radius 2 is 2.04 bits per heavy atom. The van der Waals surface area contributed by atoms with E-state index in [1.54, 1.807) is 30.5 Å². The maximum atomic E-state index is 12.4. The molecule has 1 aliphatic rings. The van der Waals surface area contributed by atoms with E-state index in [4.69, 9.17) is 0 Å². The van der Waals surface area contributed by atoms with Gasteiger partial charge in [0.1, 0.15) is 0 Å². The zero-order chi connectivity index (χ0) is 16.3. The zero-order valence-electron chi connectivity index (χ0n) is 12.5. The Balaban J connectivity index is 1.80. The third kappa shape index (κ3) is 3.75. The van der Waals surface area contributed by atoms with Crippen molar-refractivity contribution in [2.24, 2.45) is 0 Å². The van der Waals surface area contributed by atoms with Gasteiger partial charge in [0.25, 0.3) is 0 Å². The van der Waals surface area contributed by atoms with Crippen LogP contribution in [0.1, 0.15) is 24.1 Å². The van der Waals surface area contributed by atoms with E-state index in [1.807, 2.05) is 6.07 Å². The number of carbonyl (C=O) groups excluding carboxylic acids is 1. The average Bonchev–Trinajstić information content (AvgIpc) is 2.74. The van der Waals surface area contributed by atoms with Crippen LogP contribution in [0, 0.1) is 0 Å². The number of fused-ring (bicyclic) bond motifs is 1. The van der Waals surface area contributed by atoms with Gasteiger partial charge in [0, 0.05) is 18.3 Å². The molecule has 7 heteroatoms. The van der Waals surface area contributed by atoms with Crippen LogP contribution in [0.25, 0.3) is 0 Å². The Morgan fingerprint density at radius 1 is 1.17 bits per heavy atom. The van der Waals surface area contributed by atoms with Crippen LogP contribution in [-0.2, 0) is 27.8 Å². The van der Waals surface area contributed by atoms with Crippen molar-refractivity contribution in [2.45, 2.75) is 30.7 Å². The van der Waals surface area contributed by atoms with Crippen molar-refractivity contribution in [3.63, 3.8) is 0 Å². The third-order valence-electron chi connectivity index (χ3n) is 3.68. The van der Waals surface area contributed by atoms with Gasteiger partial charge in [-0.3, -0.25) is 9.78 Å². The predicted molar refractivity (Wildman–Crippen MR) is 86.3 cm³/mol. The molecule has 0 spiro atoms. The number of carbonyl (C=O) groups is 1. The number of pyridine rings is 1. The highest BCUT2D eigenvalue weighted by Crippen LogP contribution is 2.25. The van der Waals surface area contributed by atoms with E-state index in [2.05, 4.69) is 15.0 Å². The number of hydrogen-bond donors (Lipinski definition) is 2. The Labute approximate surface area is 135 Å². The maximum Gasteiger partial charge on any atom is 0.240 e. The molecule has 2 aromatic rings. The van der Waals surface area contributed by atoms with Gasteiger partial charge in [0.15, 0.2) is 0 Å². The van der Waals surface area contributed by atoms with Gasteiger partial charge in [0.05, 0.1) is 17.1 Å². The van der Waals surface area contributed by atoms with Gasteiger partial charge in [-0.2, -0.15) is 0 Å². The Kier molecular flexibility index (Phi) is 4.40. The van der Waals surface area contributed by atoms with Gasteiger partial charge in [-0.05, 0) is 48.7 Å². The quantitative estimate of drug-likeness (QED) is 0.895. The molecule has 0 fully saturated rings. The highest BCUT2D eigenvalue weighted by Gasteiger charge is 2.18. The molecule has 1 amide bonds. The number of nitrogens with zero attached hydrogens (tertiary/aromatic N) is 1. The van der Waals surface area contributed by atoms with Crippen LogP contribution in [0.3, 0.4) is 0 Å². The lowest BCUT2D eigenvalue weighted by molar-refractivity contribution is -0.116. The van der Waals surface area contributed by atoms with Gasteiger partial charge in [-0.15, -0.1) is 0 Å². The van der Waals surface area contributed by atoms with Crippen molar-refractivity contribution in [3.05, 3.63) is 53.9 Å². The minimum atomic E-state index is -3.62. The van der Waals surface area contributed by atoms with Crippen molar-refractivity contribution in [1.29, 1.82) is 0 Å². The molecule has 0 radical (unpaired) electrons. The van der Waals surface area contributed by atoms with Crippen molar-refractivity contribution in [3.8, 4) is 0 Å². The molecule has 6 nitrogen and oxygen atoms in total. The molecule has 1 aromatic heterocycles. The number of benzene rings is 1. The summed E-state index contributed by atoms with van der Waals surface area (Å²) >= 11 is 0. The summed E-state index contributed by atoms with van der Waals surface area (Å²) in [7, 11) is -3.62. The molecule has 0 bridgehead atoms. The molecule has 1 aliphatic heterocycles. The van der Waals surface area contributed by atoms with Crippen LogP contribution < -0.4 is 10.0 Å². The number of aryl methyl sites for hydroxylation is 1. The predicted octanol–water partition coefficient (Wildman–Crippen LogP) is 1.83. The second-order valence-electron chi connectivity index (χ2n) is 5.37. The maximum absolute atomic E-state index is 12.4. The van der Waals surface area contributed by atoms with E-state index in [0.717, 1.165) is 5.56 Å². The number of amides is 1. The fourth-order valence-electron chi connectivity index (χ4n) is 2.47. The molecule has 23 heavy (non-hydrogen) atoms. The molecule has 3 rings (SSSR count). The normalized spacial score (nSPS) is 14.7. The number of rotatable bonds is 4. The summed E-state index contributed by atoms with van der Waals surface area (Å²) < 4.78 is 27.4. The fraction of sp³-hybridized carbons (Fsp3) is 0.250. The highest BCUT2D eigenvalue weighted by atomic mass is 32.2. The summed E-state index contributed by atoms with van der Waals surface area (Å²) in [6.07, 6.45) is 3.46. The molecular weight excluding hydrogens is 314 g/mol. The third-order valence-corrected chi connectivity index (χ3v) is 5.08. The van der Waals surface area contributed by atoms with Gasteiger partial charge in [-0.25, -0.2) is 13.1 Å². The summed E-state index contributed by atoms with van der Waals surface area (Å²) in [5.41, 5.74) is 2.19. The van der Waals surface area contributed by atoms with Crippen molar-refractivity contribution < 1.29 is 13.2 Å². The molecule has 0 saturated carbocycles. The summed E-state index contributed by atoms with van der Waals surface area (Å²) in [6, 6.07) is 10.1. The number of nitrogens with one attached hydrogen (secondary N) is 2. The largest absolute Gasteiger partial charge is 0.326 e. The molecule has 2 heterocycles. The number of hydrogen-bond acceptors (Lipinski definition) is 4. The highest BCUT2D eigenvalue weighted by molar-refractivity contribution is 7.89. The van der Waals surface area contributed by atoms with Crippen LogP contribution in [-0.4, -0.2) is 19.3 Å². The lowest BCUT2D eigenvalue weighted by Gasteiger charge is -2.11. The van der Waals surface area contributed by atoms with Gasteiger partial charge in [0.2, 0.25) is 15.9 Å². The van der Waals surface area contributed by atoms with E-state index in [-0.39, 0.29) is 17.3 Å². The van der Waals surface area contributed by atoms with Gasteiger partial charge in [-0.1, -0.05) is 6.07 Å². The number of aromatic nitrogens is 1. The second kappa shape index (κ2) is 6.47. The number of anilines is 1. The standard InChI is InChI=1S/C16H17N3O3S/c20-16-6-3-4-12-10-14(7-8-15(12)19-16)23(21,22)18-11-13-5-1-2-9-17-13/h1-2,5,7-10,18H,3-4,6,11H2,(H,19,20). The molecular formula is C16H17N3O3S. The smallest absolute Gasteiger partial charge is 0.240 e. The molecule has 120 valence electrons. The van der Waals surface area contributed by atoms with Gasteiger partial charge >= 0.3 is 0 Å². The topological polar surface area (TPSA) is 88.2 Å². The molecule has 2 N–H and O–H groups in total. The summed E-state index contributed by atoms with van der Waals surface area (Å²) in [5.74, 6) is -0.0346. The molecule has 0 unspecified atom stereocenters. The number of sulfonamides is 1. The first kappa shape index (κ1) is 15.6. The van der Waals surface area contributed by atoms with Crippen molar-refractivity contribution >= 4 is 21.6 Å². The van der Waals surface area contributed by atoms with E-state index < -0.39 is 10.0 Å². The van der Waals surface area contributed by atoms with E-state index >= 15 is 0 Å². The first-order valence-electron chi connectivity index (χ1n) is 7.37. The lowest BCUT2D eigenvalue weighted by atomic mass is 10.1. The first-order chi connectivity index (χ1) is 11.0. The molecule has 1 aromatic carbocycles. The van der Waals surface area contributed by atoms with Crippen LogP contribution in [0.15, 0.2) is 47.5 Å². The zero-order valence-corrected chi connectivity index (χ0v) is 13.3. The lowest BCUT2D eigenvalue weighted by Crippen LogP contribution is -2.24. The SMILES string of the molecule is O=C1CCCc2cc(S(=O)(=O)NCc3ccccn3)ccc2N1. The van der Waals surface area contributed by atoms with Gasteiger partial charge < -0.3 is 5.32 Å². The van der Waals surface area contributed by atoms with Crippen LogP contribution in [0.2, 0.25) is 0 Å². The Bertz CT molecular complexity index is 820. The minimum absolute atomic E-state index is 0.0346. The van der Waals surface area contributed by atoms with Crippen molar-refractivity contribution in [2.75, 3.05) is 5.32 Å². The van der Waals surface area contributed by atoms with E-state index in [1.165, 1.54) is 6.07 Å².